The maximum absolute atomic E-state index is 11.7. The molecule has 0 spiro atoms. The number of aryl methyl sites for hydroxylation is 1. The molecule has 0 radical (unpaired) electrons. The van der Waals surface area contributed by atoms with Crippen molar-refractivity contribution in [3.05, 3.63) is 28.8 Å². The molecule has 0 saturated heterocycles. The van der Waals surface area contributed by atoms with E-state index in [1.165, 1.54) is 19.3 Å². The van der Waals surface area contributed by atoms with Crippen LogP contribution in [0.25, 0.3) is 0 Å². The van der Waals surface area contributed by atoms with Crippen molar-refractivity contribution < 1.29 is 4.79 Å². The Morgan fingerprint density at radius 1 is 1.50 bits per heavy atom. The summed E-state index contributed by atoms with van der Waals surface area (Å²) >= 11 is 5.99. The van der Waals surface area contributed by atoms with Gasteiger partial charge in [0.15, 0.2) is 0 Å². The van der Waals surface area contributed by atoms with Gasteiger partial charge in [-0.05, 0) is 43.4 Å². The molecule has 2 rings (SSSR count). The number of halogens is 1. The predicted octanol–water partition coefficient (Wildman–Crippen LogP) is 3.78. The van der Waals surface area contributed by atoms with Crippen LogP contribution in [0.2, 0.25) is 5.02 Å². The number of anilines is 1. The summed E-state index contributed by atoms with van der Waals surface area (Å²) in [5.41, 5.74) is 1.82. The molecule has 1 aliphatic carbocycles. The van der Waals surface area contributed by atoms with Gasteiger partial charge in [-0.1, -0.05) is 24.1 Å². The number of carbonyl (C=O) groups is 1. The van der Waals surface area contributed by atoms with Crippen LogP contribution in [0.4, 0.5) is 5.69 Å². The molecule has 0 bridgehead atoms. The lowest BCUT2D eigenvalue weighted by Gasteiger charge is -2.24. The summed E-state index contributed by atoms with van der Waals surface area (Å²) in [6.07, 6.45) is 4.31. The van der Waals surface area contributed by atoms with Gasteiger partial charge in [0.25, 0.3) is 0 Å². The Balaban J connectivity index is 1.92. The van der Waals surface area contributed by atoms with E-state index in [9.17, 15) is 4.79 Å². The van der Waals surface area contributed by atoms with E-state index in [4.69, 9.17) is 11.6 Å². The van der Waals surface area contributed by atoms with Gasteiger partial charge in [-0.3, -0.25) is 4.79 Å². The van der Waals surface area contributed by atoms with Gasteiger partial charge in [0, 0.05) is 17.1 Å². The predicted molar refractivity (Wildman–Crippen MR) is 66.8 cm³/mol. The van der Waals surface area contributed by atoms with Crippen molar-refractivity contribution in [2.24, 2.45) is 5.92 Å². The monoisotopic (exact) mass is 237 g/mol. The van der Waals surface area contributed by atoms with E-state index in [0.717, 1.165) is 11.3 Å². The summed E-state index contributed by atoms with van der Waals surface area (Å²) in [4.78, 5) is 11.7. The van der Waals surface area contributed by atoms with Crippen molar-refractivity contribution in [2.75, 3.05) is 5.32 Å². The fourth-order valence-corrected chi connectivity index (χ4v) is 2.02. The minimum atomic E-state index is 0.101. The van der Waals surface area contributed by atoms with Gasteiger partial charge in [0.1, 0.15) is 0 Å². The van der Waals surface area contributed by atoms with Crippen molar-refractivity contribution in [2.45, 2.75) is 32.6 Å². The molecule has 0 atom stereocenters. The molecule has 1 aliphatic rings. The van der Waals surface area contributed by atoms with Crippen LogP contribution in [0.5, 0.6) is 0 Å². The van der Waals surface area contributed by atoms with Gasteiger partial charge in [0.05, 0.1) is 0 Å². The largest absolute Gasteiger partial charge is 0.326 e. The van der Waals surface area contributed by atoms with Crippen LogP contribution in [0.15, 0.2) is 18.2 Å². The SMILES string of the molecule is Cc1ccc(NC(=O)CC2CCC2)cc1Cl. The minimum Gasteiger partial charge on any atom is -0.326 e. The van der Waals surface area contributed by atoms with Crippen molar-refractivity contribution >= 4 is 23.2 Å². The Hall–Kier alpha value is -1.02. The van der Waals surface area contributed by atoms with Gasteiger partial charge in [0.2, 0.25) is 5.91 Å². The average Bonchev–Trinajstić information content (AvgIpc) is 2.18. The van der Waals surface area contributed by atoms with Gasteiger partial charge in [-0.2, -0.15) is 0 Å². The molecule has 16 heavy (non-hydrogen) atoms. The lowest BCUT2D eigenvalue weighted by molar-refractivity contribution is -0.117. The maximum Gasteiger partial charge on any atom is 0.224 e. The molecule has 3 heteroatoms. The van der Waals surface area contributed by atoms with Crippen molar-refractivity contribution in [3.63, 3.8) is 0 Å². The highest BCUT2D eigenvalue weighted by molar-refractivity contribution is 6.31. The summed E-state index contributed by atoms with van der Waals surface area (Å²) in [5.74, 6) is 0.700. The van der Waals surface area contributed by atoms with Crippen LogP contribution in [-0.2, 0) is 4.79 Å². The maximum atomic E-state index is 11.7. The first-order valence-corrected chi connectivity index (χ1v) is 6.09. The van der Waals surface area contributed by atoms with Gasteiger partial charge < -0.3 is 5.32 Å². The Kier molecular flexibility index (Phi) is 3.49. The first-order chi connectivity index (χ1) is 7.65. The molecule has 86 valence electrons. The second-order valence-electron chi connectivity index (χ2n) is 4.51. The number of nitrogens with one attached hydrogen (secondary N) is 1. The molecular weight excluding hydrogens is 222 g/mol. The topological polar surface area (TPSA) is 29.1 Å². The fraction of sp³-hybridized carbons (Fsp3) is 0.462. The number of benzene rings is 1. The first-order valence-electron chi connectivity index (χ1n) is 5.71. The Bertz CT molecular complexity index is 399. The minimum absolute atomic E-state index is 0.101. The Morgan fingerprint density at radius 3 is 2.81 bits per heavy atom. The van der Waals surface area contributed by atoms with Crippen LogP contribution < -0.4 is 5.32 Å². The molecule has 1 aromatic carbocycles. The molecule has 1 N–H and O–H groups in total. The lowest BCUT2D eigenvalue weighted by atomic mass is 9.83. The van der Waals surface area contributed by atoms with Crippen molar-refractivity contribution in [1.29, 1.82) is 0 Å². The third-order valence-electron chi connectivity index (χ3n) is 3.15. The number of amides is 1. The Morgan fingerprint density at radius 2 is 2.25 bits per heavy atom. The van der Waals surface area contributed by atoms with Gasteiger partial charge in [-0.15, -0.1) is 0 Å². The van der Waals surface area contributed by atoms with E-state index in [-0.39, 0.29) is 5.91 Å². The van der Waals surface area contributed by atoms with E-state index in [1.54, 1.807) is 6.07 Å². The standard InChI is InChI=1S/C13H16ClNO/c1-9-5-6-11(8-12(9)14)15-13(16)7-10-3-2-4-10/h5-6,8,10H,2-4,7H2,1H3,(H,15,16). The zero-order valence-corrected chi connectivity index (χ0v) is 10.2. The van der Waals surface area contributed by atoms with E-state index in [1.807, 2.05) is 19.1 Å². The molecule has 1 fully saturated rings. The third-order valence-corrected chi connectivity index (χ3v) is 3.56. The molecule has 2 nitrogen and oxygen atoms in total. The third kappa shape index (κ3) is 2.76. The number of carbonyl (C=O) groups excluding carboxylic acids is 1. The van der Waals surface area contributed by atoms with Gasteiger partial charge in [-0.25, -0.2) is 0 Å². The number of rotatable bonds is 3. The molecule has 0 heterocycles. The highest BCUT2D eigenvalue weighted by Crippen LogP contribution is 2.29. The molecule has 1 saturated carbocycles. The normalized spacial score (nSPS) is 15.6. The van der Waals surface area contributed by atoms with Crippen LogP contribution in [-0.4, -0.2) is 5.91 Å². The van der Waals surface area contributed by atoms with E-state index in [2.05, 4.69) is 5.32 Å². The first kappa shape index (κ1) is 11.5. The van der Waals surface area contributed by atoms with Crippen molar-refractivity contribution in [1.82, 2.24) is 0 Å². The molecule has 0 aromatic heterocycles. The summed E-state index contributed by atoms with van der Waals surface area (Å²) in [7, 11) is 0. The van der Waals surface area contributed by atoms with E-state index < -0.39 is 0 Å². The quantitative estimate of drug-likeness (QED) is 0.852. The van der Waals surface area contributed by atoms with E-state index >= 15 is 0 Å². The zero-order chi connectivity index (χ0) is 11.5. The van der Waals surface area contributed by atoms with Crippen LogP contribution in [0.1, 0.15) is 31.2 Å². The molecule has 0 unspecified atom stereocenters. The zero-order valence-electron chi connectivity index (χ0n) is 9.42. The smallest absolute Gasteiger partial charge is 0.224 e. The molecule has 1 aromatic rings. The highest BCUT2D eigenvalue weighted by Gasteiger charge is 2.20. The lowest BCUT2D eigenvalue weighted by Crippen LogP contribution is -2.20. The Labute approximate surface area is 101 Å². The number of hydrogen-bond donors (Lipinski definition) is 1. The second-order valence-corrected chi connectivity index (χ2v) is 4.92. The van der Waals surface area contributed by atoms with Gasteiger partial charge >= 0.3 is 0 Å². The molecule has 1 amide bonds. The second kappa shape index (κ2) is 4.88. The molecule has 0 aliphatic heterocycles. The fourth-order valence-electron chi connectivity index (χ4n) is 1.84. The highest BCUT2D eigenvalue weighted by atomic mass is 35.5. The average molecular weight is 238 g/mol. The summed E-state index contributed by atoms with van der Waals surface area (Å²) in [6.45, 7) is 1.95. The van der Waals surface area contributed by atoms with Crippen molar-refractivity contribution in [3.8, 4) is 0 Å². The molecular formula is C13H16ClNO. The van der Waals surface area contributed by atoms with E-state index in [0.29, 0.717) is 17.4 Å². The van der Waals surface area contributed by atoms with Crippen LogP contribution in [0.3, 0.4) is 0 Å². The summed E-state index contributed by atoms with van der Waals surface area (Å²) < 4.78 is 0. The summed E-state index contributed by atoms with van der Waals surface area (Å²) in [6, 6.07) is 5.61. The summed E-state index contributed by atoms with van der Waals surface area (Å²) in [5, 5.41) is 3.58. The van der Waals surface area contributed by atoms with Crippen LogP contribution in [0, 0.1) is 12.8 Å². The number of hydrogen-bond acceptors (Lipinski definition) is 1. The van der Waals surface area contributed by atoms with Crippen LogP contribution >= 0.6 is 11.6 Å².